The monoisotopic (exact) mass is 180 g/mol. The minimum absolute atomic E-state index is 0.00926. The second-order valence-electron chi connectivity index (χ2n) is 3.45. The van der Waals surface area contributed by atoms with Crippen LogP contribution in [-0.2, 0) is 6.54 Å². The number of hydrogen-bond acceptors (Lipinski definition) is 4. The quantitative estimate of drug-likeness (QED) is 0.670. The minimum atomic E-state index is -0.00926. The van der Waals surface area contributed by atoms with Crippen molar-refractivity contribution in [3.8, 4) is 0 Å². The summed E-state index contributed by atoms with van der Waals surface area (Å²) in [6.45, 7) is 5.36. The lowest BCUT2D eigenvalue weighted by molar-refractivity contribution is 0.678. The molecule has 0 aliphatic carbocycles. The first-order chi connectivity index (χ1) is 6.20. The van der Waals surface area contributed by atoms with Crippen LogP contribution in [0.2, 0.25) is 0 Å². The zero-order chi connectivity index (χ0) is 9.42. The molecule has 1 aromatic heterocycles. The fourth-order valence-electron chi connectivity index (χ4n) is 1.41. The van der Waals surface area contributed by atoms with Gasteiger partial charge in [0.25, 0.3) is 5.56 Å². The summed E-state index contributed by atoms with van der Waals surface area (Å²) in [5, 5.41) is 10.8. The second kappa shape index (κ2) is 2.83. The number of aromatic nitrogens is 3. The topological polar surface area (TPSA) is 59.8 Å². The van der Waals surface area contributed by atoms with Gasteiger partial charge in [0.15, 0.2) is 0 Å². The molecule has 0 amide bonds. The Morgan fingerprint density at radius 3 is 2.92 bits per heavy atom. The van der Waals surface area contributed by atoms with Crippen molar-refractivity contribution in [2.45, 2.75) is 26.3 Å². The number of rotatable bonds is 1. The van der Waals surface area contributed by atoms with Gasteiger partial charge in [-0.15, -0.1) is 10.2 Å². The summed E-state index contributed by atoms with van der Waals surface area (Å²) in [6, 6.07) is 0. The van der Waals surface area contributed by atoms with Crippen LogP contribution in [0.1, 0.15) is 25.5 Å². The summed E-state index contributed by atoms with van der Waals surface area (Å²) in [5.74, 6) is 0.729. The van der Waals surface area contributed by atoms with Crippen molar-refractivity contribution >= 4 is 5.95 Å². The maximum absolute atomic E-state index is 11.7. The fourth-order valence-corrected chi connectivity index (χ4v) is 1.41. The van der Waals surface area contributed by atoms with E-state index < -0.39 is 0 Å². The van der Waals surface area contributed by atoms with Crippen molar-refractivity contribution in [3.05, 3.63) is 16.0 Å². The molecule has 1 N–H and O–H groups in total. The van der Waals surface area contributed by atoms with E-state index in [0.717, 1.165) is 6.54 Å². The Morgan fingerprint density at radius 2 is 2.23 bits per heavy atom. The van der Waals surface area contributed by atoms with E-state index in [1.165, 1.54) is 0 Å². The average Bonchev–Trinajstić information content (AvgIpc) is 2.52. The highest BCUT2D eigenvalue weighted by Crippen LogP contribution is 2.09. The van der Waals surface area contributed by atoms with Gasteiger partial charge in [0, 0.05) is 19.0 Å². The third-order valence-electron chi connectivity index (χ3n) is 2.14. The minimum Gasteiger partial charge on any atom is -0.352 e. The Labute approximate surface area is 75.8 Å². The molecule has 0 saturated heterocycles. The first-order valence-corrected chi connectivity index (χ1v) is 4.41. The first-order valence-electron chi connectivity index (χ1n) is 4.41. The van der Waals surface area contributed by atoms with Crippen molar-refractivity contribution in [1.29, 1.82) is 0 Å². The molecular weight excluding hydrogens is 168 g/mol. The van der Waals surface area contributed by atoms with Gasteiger partial charge in [-0.2, -0.15) is 0 Å². The van der Waals surface area contributed by atoms with Crippen molar-refractivity contribution in [2.75, 3.05) is 11.9 Å². The summed E-state index contributed by atoms with van der Waals surface area (Å²) in [4.78, 5) is 11.7. The van der Waals surface area contributed by atoms with Crippen LogP contribution in [0.3, 0.4) is 0 Å². The molecular formula is C8H12N4O. The summed E-state index contributed by atoms with van der Waals surface area (Å²) in [7, 11) is 0. The van der Waals surface area contributed by atoms with Crippen molar-refractivity contribution in [3.63, 3.8) is 0 Å². The molecule has 2 heterocycles. The van der Waals surface area contributed by atoms with Crippen LogP contribution >= 0.6 is 0 Å². The van der Waals surface area contributed by atoms with Crippen LogP contribution in [0.25, 0.3) is 0 Å². The summed E-state index contributed by atoms with van der Waals surface area (Å²) < 4.78 is 1.64. The Balaban J connectivity index is 2.59. The van der Waals surface area contributed by atoms with E-state index in [9.17, 15) is 4.79 Å². The summed E-state index contributed by atoms with van der Waals surface area (Å²) >= 11 is 0. The molecule has 1 aliphatic heterocycles. The van der Waals surface area contributed by atoms with Gasteiger partial charge in [0.2, 0.25) is 5.95 Å². The highest BCUT2D eigenvalue weighted by atomic mass is 16.1. The maximum Gasteiger partial charge on any atom is 0.277 e. The molecule has 5 heteroatoms. The Kier molecular flexibility index (Phi) is 1.79. The van der Waals surface area contributed by atoms with E-state index in [2.05, 4.69) is 15.5 Å². The van der Waals surface area contributed by atoms with E-state index in [0.29, 0.717) is 18.2 Å². The number of nitrogens with one attached hydrogen (secondary N) is 1. The molecule has 0 radical (unpaired) electrons. The van der Waals surface area contributed by atoms with Gasteiger partial charge in [-0.05, 0) is 0 Å². The standard InChI is InChI=1S/C8H12N4O/c1-5(2)6-7(13)12-4-3-9-8(12)11-10-6/h5H,3-4H2,1-2H3,(H,9,11). The molecule has 0 saturated carbocycles. The number of nitrogens with zero attached hydrogens (tertiary/aromatic N) is 3. The predicted molar refractivity (Wildman–Crippen MR) is 48.9 cm³/mol. The van der Waals surface area contributed by atoms with Crippen LogP contribution in [-0.4, -0.2) is 21.3 Å². The molecule has 5 nitrogen and oxygen atoms in total. The van der Waals surface area contributed by atoms with Crippen molar-refractivity contribution < 1.29 is 0 Å². The fraction of sp³-hybridized carbons (Fsp3) is 0.625. The van der Waals surface area contributed by atoms with Gasteiger partial charge < -0.3 is 5.32 Å². The lowest BCUT2D eigenvalue weighted by Gasteiger charge is -2.05. The largest absolute Gasteiger partial charge is 0.352 e. The Hall–Kier alpha value is -1.39. The smallest absolute Gasteiger partial charge is 0.277 e. The van der Waals surface area contributed by atoms with E-state index in [1.807, 2.05) is 13.8 Å². The molecule has 1 aliphatic rings. The molecule has 0 unspecified atom stereocenters. The maximum atomic E-state index is 11.7. The Morgan fingerprint density at radius 1 is 1.46 bits per heavy atom. The normalized spacial score (nSPS) is 14.4. The SMILES string of the molecule is CC(C)c1nnc2n(c1=O)CCN2. The molecule has 0 spiro atoms. The number of fused-ring (bicyclic) bond motifs is 1. The Bertz CT molecular complexity index is 382. The molecule has 0 aromatic carbocycles. The molecule has 2 rings (SSSR count). The van der Waals surface area contributed by atoms with E-state index in [-0.39, 0.29) is 11.5 Å². The molecule has 70 valence electrons. The van der Waals surface area contributed by atoms with Gasteiger partial charge >= 0.3 is 0 Å². The highest BCUT2D eigenvalue weighted by molar-refractivity contribution is 5.28. The van der Waals surface area contributed by atoms with E-state index in [1.54, 1.807) is 4.57 Å². The van der Waals surface area contributed by atoms with Crippen molar-refractivity contribution in [1.82, 2.24) is 14.8 Å². The van der Waals surface area contributed by atoms with Crippen LogP contribution in [0, 0.1) is 0 Å². The van der Waals surface area contributed by atoms with Gasteiger partial charge in [0.1, 0.15) is 5.69 Å². The molecule has 13 heavy (non-hydrogen) atoms. The highest BCUT2D eigenvalue weighted by Gasteiger charge is 2.17. The number of anilines is 1. The summed E-state index contributed by atoms with van der Waals surface area (Å²) in [6.07, 6.45) is 0. The van der Waals surface area contributed by atoms with Gasteiger partial charge in [-0.3, -0.25) is 9.36 Å². The molecule has 1 aromatic rings. The van der Waals surface area contributed by atoms with Gasteiger partial charge in [-0.1, -0.05) is 13.8 Å². The third kappa shape index (κ3) is 1.20. The van der Waals surface area contributed by atoms with Crippen molar-refractivity contribution in [2.24, 2.45) is 0 Å². The lowest BCUT2D eigenvalue weighted by Crippen LogP contribution is -2.25. The van der Waals surface area contributed by atoms with Crippen LogP contribution in [0.4, 0.5) is 5.95 Å². The van der Waals surface area contributed by atoms with Crippen LogP contribution in [0.5, 0.6) is 0 Å². The predicted octanol–water partition coefficient (Wildman–Crippen LogP) is 0.187. The second-order valence-corrected chi connectivity index (χ2v) is 3.45. The molecule has 0 bridgehead atoms. The molecule has 0 atom stereocenters. The molecule has 0 fully saturated rings. The van der Waals surface area contributed by atoms with Crippen LogP contribution in [0.15, 0.2) is 4.79 Å². The van der Waals surface area contributed by atoms with Crippen LogP contribution < -0.4 is 10.9 Å². The third-order valence-corrected chi connectivity index (χ3v) is 2.14. The average molecular weight is 180 g/mol. The van der Waals surface area contributed by atoms with Gasteiger partial charge in [0.05, 0.1) is 0 Å². The van der Waals surface area contributed by atoms with E-state index >= 15 is 0 Å². The first kappa shape index (κ1) is 8.22. The zero-order valence-corrected chi connectivity index (χ0v) is 7.74. The zero-order valence-electron chi connectivity index (χ0n) is 7.74. The summed E-state index contributed by atoms with van der Waals surface area (Å²) in [5.41, 5.74) is 0.539. The van der Waals surface area contributed by atoms with Gasteiger partial charge in [-0.25, -0.2) is 0 Å². The van der Waals surface area contributed by atoms with E-state index in [4.69, 9.17) is 0 Å². The number of hydrogen-bond donors (Lipinski definition) is 1. The lowest BCUT2D eigenvalue weighted by atomic mass is 10.1.